The van der Waals surface area contributed by atoms with Crippen LogP contribution in [0.4, 0.5) is 4.39 Å². The number of halogens is 2. The molecule has 0 N–H and O–H groups in total. The first kappa shape index (κ1) is 22.6. The quantitative estimate of drug-likeness (QED) is 0.379. The van der Waals surface area contributed by atoms with E-state index in [-0.39, 0.29) is 17.5 Å². The highest BCUT2D eigenvalue weighted by Crippen LogP contribution is 2.42. The van der Waals surface area contributed by atoms with Crippen LogP contribution in [0.25, 0.3) is 22.4 Å². The predicted octanol–water partition coefficient (Wildman–Crippen LogP) is 4.94. The molecule has 0 spiro atoms. The van der Waals surface area contributed by atoms with E-state index in [1.807, 2.05) is 30.9 Å². The molecule has 1 saturated carbocycles. The number of hydrogen-bond acceptors (Lipinski definition) is 6. The summed E-state index contributed by atoms with van der Waals surface area (Å²) in [6.45, 7) is 4.31. The normalized spacial score (nSPS) is 21.4. The van der Waals surface area contributed by atoms with Crippen molar-refractivity contribution in [2.75, 3.05) is 6.61 Å². The third-order valence-corrected chi connectivity index (χ3v) is 7.22. The molecular formula is C25H23BClFN6O. The van der Waals surface area contributed by atoms with E-state index in [0.717, 1.165) is 36.2 Å². The second-order valence-electron chi connectivity index (χ2n) is 9.52. The van der Waals surface area contributed by atoms with Gasteiger partial charge in [0.25, 0.3) is 0 Å². The minimum atomic E-state index is -0.462. The van der Waals surface area contributed by atoms with Gasteiger partial charge in [-0.3, -0.25) is 4.68 Å². The molecule has 35 heavy (non-hydrogen) atoms. The standard InChI is InChI=1S/C25H23BClFN6O/c1-13-14(2)31-24-22(30-13)21(18-4-3-17(27)10-19(18)28)32-23(33-24)15-5-8-35-20(9-15)16-11-29-34(12-16)25(26)6-7-25/h3-4,10-12,15,20H,5-9H2,1-2H3. The molecule has 1 saturated heterocycles. The fourth-order valence-electron chi connectivity index (χ4n) is 4.55. The third kappa shape index (κ3) is 4.10. The second-order valence-corrected chi connectivity index (χ2v) is 9.96. The number of ether oxygens (including phenoxy) is 1. The maximum Gasteiger partial charge on any atom is 0.182 e. The van der Waals surface area contributed by atoms with Crippen LogP contribution >= 0.6 is 11.6 Å². The van der Waals surface area contributed by atoms with Gasteiger partial charge in [-0.05, 0) is 57.7 Å². The van der Waals surface area contributed by atoms with Crippen molar-refractivity contribution in [3.63, 3.8) is 0 Å². The Labute approximate surface area is 208 Å². The van der Waals surface area contributed by atoms with E-state index < -0.39 is 5.82 Å². The SMILES string of the molecule is [B]C1(n2cc(C3CC(c4nc(-c5ccc(Cl)cc5F)c5nc(C)c(C)nc5n4)CCO3)cn2)CC1. The van der Waals surface area contributed by atoms with Crippen molar-refractivity contribution in [3.8, 4) is 11.3 Å². The maximum atomic E-state index is 15.0. The topological polar surface area (TPSA) is 78.6 Å². The van der Waals surface area contributed by atoms with Crippen LogP contribution in [0.3, 0.4) is 0 Å². The summed E-state index contributed by atoms with van der Waals surface area (Å²) in [4.78, 5) is 19.0. The number of hydrogen-bond donors (Lipinski definition) is 0. The molecule has 1 aliphatic carbocycles. The number of benzene rings is 1. The molecule has 0 amide bonds. The molecule has 4 aromatic rings. The maximum absolute atomic E-state index is 15.0. The van der Waals surface area contributed by atoms with Gasteiger partial charge in [-0.1, -0.05) is 11.6 Å². The zero-order valence-corrected chi connectivity index (χ0v) is 20.3. The van der Waals surface area contributed by atoms with Crippen molar-refractivity contribution in [2.45, 2.75) is 57.0 Å². The largest absolute Gasteiger partial charge is 0.373 e. The second kappa shape index (κ2) is 8.34. The highest BCUT2D eigenvalue weighted by Gasteiger charge is 2.40. The molecule has 10 heteroatoms. The van der Waals surface area contributed by atoms with Crippen molar-refractivity contribution in [1.29, 1.82) is 0 Å². The van der Waals surface area contributed by atoms with Crippen LogP contribution < -0.4 is 0 Å². The summed E-state index contributed by atoms with van der Waals surface area (Å²) >= 11 is 6.00. The molecule has 0 bridgehead atoms. The summed E-state index contributed by atoms with van der Waals surface area (Å²) in [6.07, 6.45) is 6.94. The molecule has 1 aliphatic heterocycles. The van der Waals surface area contributed by atoms with E-state index in [1.54, 1.807) is 12.1 Å². The molecule has 2 radical (unpaired) electrons. The van der Waals surface area contributed by atoms with Gasteiger partial charge in [0.2, 0.25) is 0 Å². The van der Waals surface area contributed by atoms with E-state index in [0.29, 0.717) is 46.3 Å². The zero-order valence-electron chi connectivity index (χ0n) is 19.5. The Kier molecular flexibility index (Phi) is 5.38. The van der Waals surface area contributed by atoms with E-state index in [2.05, 4.69) is 15.1 Å². The van der Waals surface area contributed by atoms with Gasteiger partial charge in [-0.25, -0.2) is 24.3 Å². The van der Waals surface area contributed by atoms with E-state index in [4.69, 9.17) is 34.2 Å². The Morgan fingerprint density at radius 3 is 2.71 bits per heavy atom. The van der Waals surface area contributed by atoms with Gasteiger partial charge in [0.1, 0.15) is 30.7 Å². The lowest BCUT2D eigenvalue weighted by Gasteiger charge is -2.28. The lowest BCUT2D eigenvalue weighted by Crippen LogP contribution is -2.21. The highest BCUT2D eigenvalue weighted by atomic mass is 35.5. The Bertz CT molecular complexity index is 1460. The fraction of sp³-hybridized carbons (Fsp3) is 0.400. The molecule has 2 fully saturated rings. The average molecular weight is 489 g/mol. The van der Waals surface area contributed by atoms with E-state index in [1.165, 1.54) is 6.07 Å². The van der Waals surface area contributed by atoms with Crippen LogP contribution in [0.2, 0.25) is 5.02 Å². The van der Waals surface area contributed by atoms with Crippen molar-refractivity contribution < 1.29 is 9.13 Å². The van der Waals surface area contributed by atoms with Crippen LogP contribution in [0.1, 0.15) is 60.5 Å². The smallest absolute Gasteiger partial charge is 0.182 e. The minimum absolute atomic E-state index is 0.00628. The number of aromatic nitrogens is 6. The first-order chi connectivity index (χ1) is 16.8. The summed E-state index contributed by atoms with van der Waals surface area (Å²) < 4.78 is 22.9. The van der Waals surface area contributed by atoms with Gasteiger partial charge < -0.3 is 4.74 Å². The lowest BCUT2D eigenvalue weighted by atomic mass is 9.91. The summed E-state index contributed by atoms with van der Waals surface area (Å²) in [5.41, 5.74) is 3.83. The lowest BCUT2D eigenvalue weighted by molar-refractivity contribution is 0.00395. The Morgan fingerprint density at radius 1 is 1.14 bits per heavy atom. The summed E-state index contributed by atoms with van der Waals surface area (Å²) in [5, 5.41) is 4.78. The van der Waals surface area contributed by atoms with Crippen LogP contribution in [0.15, 0.2) is 30.6 Å². The van der Waals surface area contributed by atoms with Gasteiger partial charge in [0, 0.05) is 40.3 Å². The molecule has 4 heterocycles. The molecule has 1 aromatic carbocycles. The molecule has 6 rings (SSSR count). The Balaban J connectivity index is 1.40. The van der Waals surface area contributed by atoms with Gasteiger partial charge in [0.15, 0.2) is 5.65 Å². The van der Waals surface area contributed by atoms with Gasteiger partial charge >= 0.3 is 0 Å². The molecule has 2 unspecified atom stereocenters. The average Bonchev–Trinajstić information content (AvgIpc) is 3.38. The fourth-order valence-corrected chi connectivity index (χ4v) is 4.71. The number of fused-ring (bicyclic) bond motifs is 1. The van der Waals surface area contributed by atoms with E-state index >= 15 is 0 Å². The van der Waals surface area contributed by atoms with Crippen molar-refractivity contribution in [3.05, 3.63) is 64.2 Å². The molecule has 2 atom stereocenters. The third-order valence-electron chi connectivity index (χ3n) is 6.99. The molecular weight excluding hydrogens is 466 g/mol. The number of aryl methyl sites for hydroxylation is 2. The summed E-state index contributed by atoms with van der Waals surface area (Å²) in [5.74, 6) is 0.154. The zero-order chi connectivity index (χ0) is 24.3. The Morgan fingerprint density at radius 2 is 1.94 bits per heavy atom. The summed E-state index contributed by atoms with van der Waals surface area (Å²) in [6, 6.07) is 4.56. The van der Waals surface area contributed by atoms with Gasteiger partial charge in [0.05, 0.1) is 23.7 Å². The van der Waals surface area contributed by atoms with Gasteiger partial charge in [-0.15, -0.1) is 0 Å². The van der Waals surface area contributed by atoms with Gasteiger partial charge in [-0.2, -0.15) is 5.10 Å². The van der Waals surface area contributed by atoms with E-state index in [9.17, 15) is 4.39 Å². The number of nitrogens with zero attached hydrogens (tertiary/aromatic N) is 6. The monoisotopic (exact) mass is 488 g/mol. The Hall–Kier alpha value is -2.91. The minimum Gasteiger partial charge on any atom is -0.373 e. The van der Waals surface area contributed by atoms with Crippen molar-refractivity contribution in [2.24, 2.45) is 0 Å². The molecule has 176 valence electrons. The molecule has 2 aliphatic rings. The summed E-state index contributed by atoms with van der Waals surface area (Å²) in [7, 11) is 6.29. The van der Waals surface area contributed by atoms with Crippen molar-refractivity contribution in [1.82, 2.24) is 29.7 Å². The highest BCUT2D eigenvalue weighted by molar-refractivity contribution is 6.30. The molecule has 3 aromatic heterocycles. The van der Waals surface area contributed by atoms with Crippen LogP contribution in [0, 0.1) is 19.7 Å². The first-order valence-electron chi connectivity index (χ1n) is 11.7. The van der Waals surface area contributed by atoms with Crippen LogP contribution in [-0.4, -0.2) is 44.2 Å². The van der Waals surface area contributed by atoms with Crippen molar-refractivity contribution >= 4 is 30.6 Å². The predicted molar refractivity (Wildman–Crippen MR) is 131 cm³/mol. The molecule has 7 nitrogen and oxygen atoms in total. The van der Waals surface area contributed by atoms with Crippen LogP contribution in [-0.2, 0) is 10.2 Å². The number of rotatable bonds is 4. The first-order valence-corrected chi connectivity index (χ1v) is 12.1. The van der Waals surface area contributed by atoms with Crippen LogP contribution in [0.5, 0.6) is 0 Å².